The first-order valence-corrected chi connectivity index (χ1v) is 6.26. The lowest BCUT2D eigenvalue weighted by molar-refractivity contribution is -0.139. The Morgan fingerprint density at radius 2 is 2.05 bits per heavy atom. The molecule has 0 unspecified atom stereocenters. The largest absolute Gasteiger partial charge is 0.506 e. The lowest BCUT2D eigenvalue weighted by Gasteiger charge is -2.10. The third-order valence-corrected chi connectivity index (χ3v) is 2.39. The van der Waals surface area contributed by atoms with Crippen molar-refractivity contribution < 1.29 is 19.4 Å². The maximum absolute atomic E-state index is 11.6. The van der Waals surface area contributed by atoms with Crippen LogP contribution in [0, 0.1) is 0 Å². The van der Waals surface area contributed by atoms with E-state index in [-0.39, 0.29) is 23.7 Å². The van der Waals surface area contributed by atoms with Gasteiger partial charge in [0.2, 0.25) is 0 Å². The Hall–Kier alpha value is -2.50. The summed E-state index contributed by atoms with van der Waals surface area (Å²) in [4.78, 5) is 23.1. The second-order valence-electron chi connectivity index (χ2n) is 4.06. The normalized spacial score (nSPS) is 9.65. The number of hydrogen-bond acceptors (Lipinski definition) is 4. The number of aromatic hydroxyl groups is 1. The average molecular weight is 278 g/mol. The topological polar surface area (TPSA) is 87.7 Å². The van der Waals surface area contributed by atoms with Crippen LogP contribution in [0.4, 0.5) is 10.5 Å². The van der Waals surface area contributed by atoms with Gasteiger partial charge in [0, 0.05) is 0 Å². The van der Waals surface area contributed by atoms with Crippen molar-refractivity contribution in [2.75, 3.05) is 11.9 Å². The van der Waals surface area contributed by atoms with Gasteiger partial charge >= 0.3 is 12.0 Å². The predicted molar refractivity (Wildman–Crippen MR) is 75.3 cm³/mol. The Balaban J connectivity index is 2.44. The molecule has 6 nitrogen and oxygen atoms in total. The molecule has 0 aliphatic heterocycles. The highest BCUT2D eigenvalue weighted by atomic mass is 16.5. The van der Waals surface area contributed by atoms with Gasteiger partial charge in [-0.15, -0.1) is 0 Å². The molecule has 0 saturated heterocycles. The van der Waals surface area contributed by atoms with Gasteiger partial charge < -0.3 is 20.5 Å². The molecule has 1 aromatic carbocycles. The van der Waals surface area contributed by atoms with Gasteiger partial charge in [-0.1, -0.05) is 32.1 Å². The molecule has 108 valence electrons. The number of para-hydroxylation sites is 2. The summed E-state index contributed by atoms with van der Waals surface area (Å²) in [6.45, 7) is 5.69. The molecule has 0 atom stereocenters. The Kier molecular flexibility index (Phi) is 6.09. The van der Waals surface area contributed by atoms with Gasteiger partial charge in [0.15, 0.2) is 0 Å². The van der Waals surface area contributed by atoms with Crippen molar-refractivity contribution in [2.24, 2.45) is 0 Å². The number of anilines is 1. The lowest BCUT2D eigenvalue weighted by atomic mass is 10.3. The third kappa shape index (κ3) is 5.01. The van der Waals surface area contributed by atoms with Gasteiger partial charge in [0.25, 0.3) is 0 Å². The Morgan fingerprint density at radius 3 is 2.70 bits per heavy atom. The smallest absolute Gasteiger partial charge is 0.354 e. The highest BCUT2D eigenvalue weighted by molar-refractivity contribution is 5.98. The van der Waals surface area contributed by atoms with Gasteiger partial charge in [-0.3, -0.25) is 0 Å². The molecule has 0 fully saturated rings. The minimum Gasteiger partial charge on any atom is -0.506 e. The van der Waals surface area contributed by atoms with Gasteiger partial charge in [-0.05, 0) is 18.6 Å². The van der Waals surface area contributed by atoms with Crippen molar-refractivity contribution in [1.29, 1.82) is 0 Å². The van der Waals surface area contributed by atoms with E-state index < -0.39 is 12.0 Å². The minimum absolute atomic E-state index is 0.0706. The summed E-state index contributed by atoms with van der Waals surface area (Å²) >= 11 is 0. The summed E-state index contributed by atoms with van der Waals surface area (Å²) in [6, 6.07) is 5.57. The summed E-state index contributed by atoms with van der Waals surface area (Å²) < 4.78 is 4.89. The average Bonchev–Trinajstić information content (AvgIpc) is 2.41. The highest BCUT2D eigenvalue weighted by Gasteiger charge is 2.12. The van der Waals surface area contributed by atoms with E-state index >= 15 is 0 Å². The maximum atomic E-state index is 11.6. The molecule has 0 radical (unpaired) electrons. The number of benzene rings is 1. The van der Waals surface area contributed by atoms with Crippen LogP contribution in [0.3, 0.4) is 0 Å². The van der Waals surface area contributed by atoms with Crippen molar-refractivity contribution in [3.05, 3.63) is 36.5 Å². The fourth-order valence-corrected chi connectivity index (χ4v) is 1.32. The number of rotatable bonds is 6. The number of phenolic OH excluding ortho intramolecular Hbond substituents is 1. The van der Waals surface area contributed by atoms with E-state index in [9.17, 15) is 14.7 Å². The van der Waals surface area contributed by atoms with Crippen molar-refractivity contribution >= 4 is 17.7 Å². The van der Waals surface area contributed by atoms with E-state index in [1.165, 1.54) is 12.1 Å². The molecular weight excluding hydrogens is 260 g/mol. The molecule has 0 saturated carbocycles. The zero-order valence-corrected chi connectivity index (χ0v) is 11.3. The van der Waals surface area contributed by atoms with Crippen LogP contribution in [-0.2, 0) is 9.53 Å². The van der Waals surface area contributed by atoms with Crippen molar-refractivity contribution in [2.45, 2.75) is 19.8 Å². The fraction of sp³-hybridized carbons (Fsp3) is 0.286. The summed E-state index contributed by atoms with van der Waals surface area (Å²) in [5.74, 6) is -0.746. The number of carbonyl (C=O) groups excluding carboxylic acids is 2. The van der Waals surface area contributed by atoms with E-state index in [4.69, 9.17) is 4.74 Å². The Morgan fingerprint density at radius 1 is 1.35 bits per heavy atom. The van der Waals surface area contributed by atoms with E-state index in [0.29, 0.717) is 0 Å². The first-order chi connectivity index (χ1) is 9.54. The zero-order chi connectivity index (χ0) is 15.0. The van der Waals surface area contributed by atoms with E-state index in [0.717, 1.165) is 12.8 Å². The van der Waals surface area contributed by atoms with Crippen LogP contribution in [0.15, 0.2) is 36.5 Å². The van der Waals surface area contributed by atoms with Gasteiger partial charge in [-0.2, -0.15) is 0 Å². The molecule has 3 N–H and O–H groups in total. The summed E-state index contributed by atoms with van der Waals surface area (Å²) in [5.41, 5.74) is 0.0752. The number of urea groups is 1. The molecule has 0 aliphatic carbocycles. The molecule has 0 bridgehead atoms. The fourth-order valence-electron chi connectivity index (χ4n) is 1.32. The number of esters is 1. The van der Waals surface area contributed by atoms with Crippen molar-refractivity contribution in [3.63, 3.8) is 0 Å². The predicted octanol–water partition coefficient (Wildman–Crippen LogP) is 2.37. The molecule has 6 heteroatoms. The van der Waals surface area contributed by atoms with E-state index in [2.05, 4.69) is 17.2 Å². The van der Waals surface area contributed by atoms with Crippen LogP contribution in [0.5, 0.6) is 5.75 Å². The number of hydrogen-bond donors (Lipinski definition) is 3. The van der Waals surface area contributed by atoms with Gasteiger partial charge in [-0.25, -0.2) is 9.59 Å². The molecule has 0 aromatic heterocycles. The van der Waals surface area contributed by atoms with Crippen LogP contribution in [0.2, 0.25) is 0 Å². The molecule has 20 heavy (non-hydrogen) atoms. The Labute approximate surface area is 117 Å². The number of amides is 2. The quantitative estimate of drug-likeness (QED) is 0.322. The van der Waals surface area contributed by atoms with Crippen LogP contribution in [0.1, 0.15) is 19.8 Å². The number of ether oxygens (including phenoxy) is 1. The third-order valence-electron chi connectivity index (χ3n) is 2.39. The number of phenols is 1. The van der Waals surface area contributed by atoms with Crippen molar-refractivity contribution in [3.8, 4) is 5.75 Å². The standard InChI is InChI=1S/C14H18N2O4/c1-3-4-9-20-13(18)10(2)15-14(19)16-11-7-5-6-8-12(11)17/h5-8,17H,2-4,9H2,1H3,(H2,15,16,19). The molecule has 0 spiro atoms. The molecule has 1 rings (SSSR count). The first-order valence-electron chi connectivity index (χ1n) is 6.26. The van der Waals surface area contributed by atoms with Crippen molar-refractivity contribution in [1.82, 2.24) is 5.32 Å². The zero-order valence-electron chi connectivity index (χ0n) is 11.3. The molecule has 2 amide bonds. The number of nitrogens with one attached hydrogen (secondary N) is 2. The highest BCUT2D eigenvalue weighted by Crippen LogP contribution is 2.21. The van der Waals surface area contributed by atoms with E-state index in [1.54, 1.807) is 12.1 Å². The lowest BCUT2D eigenvalue weighted by Crippen LogP contribution is -2.31. The second-order valence-corrected chi connectivity index (χ2v) is 4.06. The minimum atomic E-state index is -0.677. The number of carbonyl (C=O) groups is 2. The molecule has 1 aromatic rings. The van der Waals surface area contributed by atoms with Crippen LogP contribution in [0.25, 0.3) is 0 Å². The summed E-state index contributed by atoms with van der Waals surface area (Å²) in [7, 11) is 0. The summed E-state index contributed by atoms with van der Waals surface area (Å²) in [6.07, 6.45) is 1.66. The van der Waals surface area contributed by atoms with Gasteiger partial charge in [0.1, 0.15) is 11.4 Å². The molecular formula is C14H18N2O4. The SMILES string of the molecule is C=C(NC(=O)Nc1ccccc1O)C(=O)OCCCC. The van der Waals surface area contributed by atoms with Crippen LogP contribution < -0.4 is 10.6 Å². The molecule has 0 heterocycles. The Bertz CT molecular complexity index is 500. The van der Waals surface area contributed by atoms with Crippen LogP contribution in [-0.4, -0.2) is 23.7 Å². The maximum Gasteiger partial charge on any atom is 0.354 e. The van der Waals surface area contributed by atoms with Gasteiger partial charge in [0.05, 0.1) is 12.3 Å². The summed E-state index contributed by atoms with van der Waals surface area (Å²) in [5, 5.41) is 14.1. The second kappa shape index (κ2) is 7.83. The number of unbranched alkanes of at least 4 members (excludes halogenated alkanes) is 1. The monoisotopic (exact) mass is 278 g/mol. The molecule has 0 aliphatic rings. The first kappa shape index (κ1) is 15.6. The van der Waals surface area contributed by atoms with E-state index in [1.807, 2.05) is 6.92 Å². The van der Waals surface area contributed by atoms with Crippen LogP contribution >= 0.6 is 0 Å².